The van der Waals surface area contributed by atoms with Crippen LogP contribution in [0.4, 0.5) is 4.79 Å². The van der Waals surface area contributed by atoms with Crippen molar-refractivity contribution < 1.29 is 19.1 Å². The lowest BCUT2D eigenvalue weighted by Crippen LogP contribution is -2.37. The number of carbonyl (C=O) groups is 3. The highest BCUT2D eigenvalue weighted by molar-refractivity contribution is 7.20. The number of thiophene rings is 1. The number of hydrogen-bond acceptors (Lipinski definition) is 6. The number of para-hydroxylation sites is 1. The van der Waals surface area contributed by atoms with Gasteiger partial charge in [0.2, 0.25) is 0 Å². The third-order valence-corrected chi connectivity index (χ3v) is 4.43. The fourth-order valence-corrected chi connectivity index (χ4v) is 3.34. The van der Waals surface area contributed by atoms with E-state index in [0.29, 0.717) is 4.88 Å². The minimum atomic E-state index is -0.999. The molecule has 0 radical (unpaired) electrons. The minimum Gasteiger partial charge on any atom is -0.451 e. The molecular weight excluding hydrogens is 344 g/mol. The smallest absolute Gasteiger partial charge is 0.348 e. The second-order valence-corrected chi connectivity index (χ2v) is 6.18. The molecule has 1 aromatic carbocycles. The molecule has 25 heavy (non-hydrogen) atoms. The van der Waals surface area contributed by atoms with Crippen LogP contribution in [0.5, 0.6) is 0 Å². The molecule has 0 aliphatic carbocycles. The molecule has 0 aliphatic heterocycles. The van der Waals surface area contributed by atoms with Crippen LogP contribution in [-0.2, 0) is 9.53 Å². The number of aromatic nitrogens is 2. The number of esters is 1. The first kappa shape index (κ1) is 16.7. The maximum Gasteiger partial charge on any atom is 0.348 e. The van der Waals surface area contributed by atoms with Crippen LogP contribution in [0.1, 0.15) is 15.4 Å². The molecule has 0 aliphatic rings. The van der Waals surface area contributed by atoms with Crippen LogP contribution in [-0.4, -0.2) is 34.3 Å². The Morgan fingerprint density at radius 1 is 1.28 bits per heavy atom. The number of ether oxygens (including phenoxy) is 1. The Balaban J connectivity index is 1.83. The highest BCUT2D eigenvalue weighted by atomic mass is 32.1. The van der Waals surface area contributed by atoms with Gasteiger partial charge in [-0.3, -0.25) is 10.1 Å². The number of carbonyl (C=O) groups excluding carboxylic acids is 3. The quantitative estimate of drug-likeness (QED) is 0.689. The van der Waals surface area contributed by atoms with Gasteiger partial charge in [-0.25, -0.2) is 14.3 Å². The summed E-state index contributed by atoms with van der Waals surface area (Å²) in [5, 5.41) is 7.15. The van der Waals surface area contributed by atoms with Gasteiger partial charge in [0.15, 0.2) is 6.61 Å². The number of rotatable bonds is 4. The van der Waals surface area contributed by atoms with E-state index in [2.05, 4.69) is 5.10 Å². The first-order valence-electron chi connectivity index (χ1n) is 7.26. The Hall–Kier alpha value is -3.20. The first-order valence-corrected chi connectivity index (χ1v) is 8.08. The summed E-state index contributed by atoms with van der Waals surface area (Å²) < 4.78 is 6.65. The van der Waals surface area contributed by atoms with Crippen molar-refractivity contribution in [2.75, 3.05) is 6.61 Å². The van der Waals surface area contributed by atoms with Crippen molar-refractivity contribution in [1.82, 2.24) is 15.1 Å². The number of hydrogen-bond donors (Lipinski definition) is 2. The average Bonchev–Trinajstić information content (AvgIpc) is 3.14. The van der Waals surface area contributed by atoms with Crippen molar-refractivity contribution in [2.45, 2.75) is 6.92 Å². The van der Waals surface area contributed by atoms with E-state index in [9.17, 15) is 14.4 Å². The van der Waals surface area contributed by atoms with Gasteiger partial charge in [0.1, 0.15) is 9.71 Å². The van der Waals surface area contributed by atoms with Gasteiger partial charge in [0.05, 0.1) is 11.4 Å². The Bertz CT molecular complexity index is 961. The van der Waals surface area contributed by atoms with Crippen molar-refractivity contribution in [2.24, 2.45) is 5.73 Å². The van der Waals surface area contributed by atoms with E-state index >= 15 is 0 Å². The Labute approximate surface area is 146 Å². The van der Waals surface area contributed by atoms with Crippen LogP contribution < -0.4 is 11.1 Å². The fourth-order valence-electron chi connectivity index (χ4n) is 2.27. The third kappa shape index (κ3) is 3.50. The van der Waals surface area contributed by atoms with Crippen LogP contribution in [0.3, 0.4) is 0 Å². The monoisotopic (exact) mass is 358 g/mol. The zero-order chi connectivity index (χ0) is 18.0. The minimum absolute atomic E-state index is 0.340. The van der Waals surface area contributed by atoms with Crippen molar-refractivity contribution in [3.63, 3.8) is 0 Å². The molecule has 2 heterocycles. The number of nitrogens with zero attached hydrogens (tertiary/aromatic N) is 2. The van der Waals surface area contributed by atoms with E-state index in [-0.39, 0.29) is 0 Å². The van der Waals surface area contributed by atoms with E-state index in [1.165, 1.54) is 11.3 Å². The Morgan fingerprint density at radius 3 is 2.68 bits per heavy atom. The van der Waals surface area contributed by atoms with Gasteiger partial charge in [-0.15, -0.1) is 11.3 Å². The molecule has 3 aromatic rings. The van der Waals surface area contributed by atoms with Gasteiger partial charge >= 0.3 is 12.0 Å². The highest BCUT2D eigenvalue weighted by Crippen LogP contribution is 2.30. The number of nitrogens with one attached hydrogen (secondary N) is 1. The van der Waals surface area contributed by atoms with Crippen LogP contribution in [0, 0.1) is 6.92 Å². The lowest BCUT2D eigenvalue weighted by molar-refractivity contribution is -0.123. The summed E-state index contributed by atoms with van der Waals surface area (Å²) in [6, 6.07) is 10.2. The van der Waals surface area contributed by atoms with E-state index in [1.807, 2.05) is 42.6 Å². The second kappa shape index (κ2) is 6.73. The van der Waals surface area contributed by atoms with Crippen molar-refractivity contribution in [1.29, 1.82) is 0 Å². The zero-order valence-electron chi connectivity index (χ0n) is 13.2. The van der Waals surface area contributed by atoms with Gasteiger partial charge < -0.3 is 10.5 Å². The molecule has 0 saturated carbocycles. The van der Waals surface area contributed by atoms with E-state index in [4.69, 9.17) is 10.5 Å². The van der Waals surface area contributed by atoms with Gasteiger partial charge in [0.25, 0.3) is 5.91 Å². The zero-order valence-corrected chi connectivity index (χ0v) is 14.0. The number of primary amides is 1. The molecule has 8 nitrogen and oxygen atoms in total. The van der Waals surface area contributed by atoms with Crippen LogP contribution in [0.2, 0.25) is 0 Å². The van der Waals surface area contributed by atoms with Gasteiger partial charge in [-0.2, -0.15) is 5.10 Å². The molecule has 0 bridgehead atoms. The predicted octanol–water partition coefficient (Wildman–Crippen LogP) is 1.75. The van der Waals surface area contributed by atoms with E-state index in [1.54, 1.807) is 10.7 Å². The number of imide groups is 1. The largest absolute Gasteiger partial charge is 0.451 e. The lowest BCUT2D eigenvalue weighted by atomic mass is 10.3. The summed E-state index contributed by atoms with van der Waals surface area (Å²) in [7, 11) is 0. The summed E-state index contributed by atoms with van der Waals surface area (Å²) in [6.45, 7) is 1.27. The number of fused-ring (bicyclic) bond motifs is 1. The van der Waals surface area contributed by atoms with Crippen LogP contribution in [0.15, 0.2) is 36.4 Å². The van der Waals surface area contributed by atoms with Gasteiger partial charge in [-0.1, -0.05) is 18.2 Å². The molecule has 3 N–H and O–H groups in total. The summed E-state index contributed by atoms with van der Waals surface area (Å²) in [5.74, 6) is -1.44. The Morgan fingerprint density at radius 2 is 2.00 bits per heavy atom. The fraction of sp³-hybridized carbons (Fsp3) is 0.125. The first-order chi connectivity index (χ1) is 12.0. The molecule has 3 rings (SSSR count). The van der Waals surface area contributed by atoms with Gasteiger partial charge in [0, 0.05) is 5.39 Å². The third-order valence-electron chi connectivity index (χ3n) is 3.34. The topological polar surface area (TPSA) is 116 Å². The van der Waals surface area contributed by atoms with E-state index in [0.717, 1.165) is 21.6 Å². The molecule has 0 spiro atoms. The number of nitrogens with two attached hydrogens (primary N) is 1. The van der Waals surface area contributed by atoms with E-state index < -0.39 is 24.5 Å². The predicted molar refractivity (Wildman–Crippen MR) is 91.7 cm³/mol. The molecule has 9 heteroatoms. The number of urea groups is 1. The molecule has 0 unspecified atom stereocenters. The molecule has 0 atom stereocenters. The van der Waals surface area contributed by atoms with Crippen molar-refractivity contribution in [3.8, 4) is 5.69 Å². The highest BCUT2D eigenvalue weighted by Gasteiger charge is 2.19. The average molecular weight is 358 g/mol. The van der Waals surface area contributed by atoms with Crippen molar-refractivity contribution >= 4 is 39.5 Å². The molecule has 0 fully saturated rings. The molecule has 3 amide bonds. The maximum atomic E-state index is 12.1. The normalized spacial score (nSPS) is 10.6. The molecule has 128 valence electrons. The maximum absolute atomic E-state index is 12.1. The number of benzene rings is 1. The second-order valence-electron chi connectivity index (χ2n) is 5.15. The summed E-state index contributed by atoms with van der Waals surface area (Å²) in [4.78, 5) is 35.1. The van der Waals surface area contributed by atoms with Crippen LogP contribution in [0.25, 0.3) is 15.9 Å². The summed E-state index contributed by atoms with van der Waals surface area (Å²) in [6.07, 6.45) is 0. The molecular formula is C16H14N4O4S. The van der Waals surface area contributed by atoms with Gasteiger partial charge in [-0.05, 0) is 25.1 Å². The number of aryl methyl sites for hydroxylation is 1. The van der Waals surface area contributed by atoms with Crippen LogP contribution >= 0.6 is 11.3 Å². The SMILES string of the molecule is Cc1nn(-c2ccccc2)c2sc(C(=O)OCC(=O)NC(N)=O)cc12. The van der Waals surface area contributed by atoms with Crippen molar-refractivity contribution in [3.05, 3.63) is 47.0 Å². The summed E-state index contributed by atoms with van der Waals surface area (Å²) >= 11 is 1.22. The molecule has 2 aromatic heterocycles. The lowest BCUT2D eigenvalue weighted by Gasteiger charge is -2.03. The number of amides is 3. The Kier molecular flexibility index (Phi) is 4.48. The molecule has 0 saturated heterocycles. The standard InChI is InChI=1S/C16H14N4O4S/c1-9-11-7-12(15(22)24-8-13(21)18-16(17)23)25-14(11)20(19-9)10-5-3-2-4-6-10/h2-7H,8H2,1H3,(H3,17,18,21,23). The summed E-state index contributed by atoms with van der Waals surface area (Å²) in [5.41, 5.74) is 6.47.